The number of aromatic nitrogens is 2. The van der Waals surface area contributed by atoms with Gasteiger partial charge in [-0.25, -0.2) is 0 Å². The van der Waals surface area contributed by atoms with Gasteiger partial charge in [-0.05, 0) is 33.6 Å². The van der Waals surface area contributed by atoms with Crippen LogP contribution in [0.4, 0.5) is 5.69 Å². The Hall–Kier alpha value is -2.05. The highest BCUT2D eigenvalue weighted by Crippen LogP contribution is 2.14. The predicted molar refractivity (Wildman–Crippen MR) is 79.5 cm³/mol. The smallest absolute Gasteiger partial charge is 0.244 e. The Balaban J connectivity index is 1.91. The van der Waals surface area contributed by atoms with Gasteiger partial charge in [0.15, 0.2) is 0 Å². The third kappa shape index (κ3) is 3.34. The molecule has 2 rings (SSSR count). The molecule has 0 radical (unpaired) electrons. The van der Waals surface area contributed by atoms with Crippen LogP contribution < -0.4 is 11.1 Å². The van der Waals surface area contributed by atoms with Crippen LogP contribution in [0.15, 0.2) is 0 Å². The van der Waals surface area contributed by atoms with Crippen LogP contribution in [0.5, 0.6) is 0 Å². The molecule has 1 fully saturated rings. The van der Waals surface area contributed by atoms with E-state index in [1.165, 1.54) is 0 Å². The van der Waals surface area contributed by atoms with Crippen molar-refractivity contribution in [3.05, 3.63) is 11.4 Å². The standard InChI is InChI=1S/C14H23N5O2/c1-9-13(15)11(3)19(17-9)8-12(20)16-10(2)14(21)18-6-4-5-7-18/h10H,4-8,15H2,1-3H3,(H,16,20). The lowest BCUT2D eigenvalue weighted by molar-refractivity contribution is -0.135. The number of carbonyl (C=O) groups excluding carboxylic acids is 2. The van der Waals surface area contributed by atoms with Crippen molar-refractivity contribution in [2.24, 2.45) is 0 Å². The molecule has 1 atom stereocenters. The second kappa shape index (κ2) is 6.15. The van der Waals surface area contributed by atoms with E-state index in [1.807, 2.05) is 6.92 Å². The van der Waals surface area contributed by atoms with Crippen molar-refractivity contribution >= 4 is 17.5 Å². The summed E-state index contributed by atoms with van der Waals surface area (Å²) in [6.07, 6.45) is 2.08. The van der Waals surface area contributed by atoms with E-state index in [0.29, 0.717) is 11.4 Å². The van der Waals surface area contributed by atoms with E-state index in [-0.39, 0.29) is 18.4 Å². The fourth-order valence-electron chi connectivity index (χ4n) is 2.56. The van der Waals surface area contributed by atoms with E-state index in [4.69, 9.17) is 5.73 Å². The molecule has 1 aromatic heterocycles. The van der Waals surface area contributed by atoms with E-state index >= 15 is 0 Å². The van der Waals surface area contributed by atoms with Gasteiger partial charge in [0.25, 0.3) is 0 Å². The van der Waals surface area contributed by atoms with Crippen LogP contribution in [0.2, 0.25) is 0 Å². The first-order chi connectivity index (χ1) is 9.90. The van der Waals surface area contributed by atoms with Crippen molar-refractivity contribution in [2.45, 2.75) is 46.2 Å². The van der Waals surface area contributed by atoms with Crippen molar-refractivity contribution in [3.8, 4) is 0 Å². The molecule has 1 aliphatic heterocycles. The molecule has 7 heteroatoms. The fraction of sp³-hybridized carbons (Fsp3) is 0.643. The maximum absolute atomic E-state index is 12.1. The van der Waals surface area contributed by atoms with Crippen LogP contribution in [-0.2, 0) is 16.1 Å². The van der Waals surface area contributed by atoms with Gasteiger partial charge < -0.3 is 16.0 Å². The first-order valence-electron chi connectivity index (χ1n) is 7.27. The van der Waals surface area contributed by atoms with Crippen molar-refractivity contribution < 1.29 is 9.59 Å². The topological polar surface area (TPSA) is 93.2 Å². The maximum atomic E-state index is 12.1. The molecule has 7 nitrogen and oxygen atoms in total. The molecule has 2 heterocycles. The first kappa shape index (κ1) is 15.3. The average molecular weight is 293 g/mol. The number of hydrogen-bond donors (Lipinski definition) is 2. The summed E-state index contributed by atoms with van der Waals surface area (Å²) in [5.74, 6) is -0.255. The first-order valence-corrected chi connectivity index (χ1v) is 7.27. The van der Waals surface area contributed by atoms with Crippen molar-refractivity contribution in [2.75, 3.05) is 18.8 Å². The number of nitrogens with zero attached hydrogens (tertiary/aromatic N) is 3. The van der Waals surface area contributed by atoms with Gasteiger partial charge in [-0.2, -0.15) is 5.10 Å². The number of nitrogens with one attached hydrogen (secondary N) is 1. The second-order valence-corrected chi connectivity index (χ2v) is 5.56. The quantitative estimate of drug-likeness (QED) is 0.830. The van der Waals surface area contributed by atoms with E-state index in [9.17, 15) is 9.59 Å². The number of amides is 2. The summed E-state index contributed by atoms with van der Waals surface area (Å²) in [7, 11) is 0. The van der Waals surface area contributed by atoms with Crippen molar-refractivity contribution in [3.63, 3.8) is 0 Å². The Morgan fingerprint density at radius 1 is 1.33 bits per heavy atom. The molecule has 1 aromatic rings. The Morgan fingerprint density at radius 3 is 2.48 bits per heavy atom. The highest BCUT2D eigenvalue weighted by Gasteiger charge is 2.24. The molecule has 1 unspecified atom stereocenters. The molecule has 0 aromatic carbocycles. The Labute approximate surface area is 124 Å². The van der Waals surface area contributed by atoms with Crippen LogP contribution in [-0.4, -0.2) is 45.6 Å². The SMILES string of the molecule is Cc1nn(CC(=O)NC(C)C(=O)N2CCCC2)c(C)c1N. The molecule has 1 aliphatic rings. The lowest BCUT2D eigenvalue weighted by Gasteiger charge is -2.21. The zero-order valence-electron chi connectivity index (χ0n) is 12.8. The summed E-state index contributed by atoms with van der Waals surface area (Å²) in [5.41, 5.74) is 7.91. The minimum absolute atomic E-state index is 0.0197. The monoisotopic (exact) mass is 293 g/mol. The molecular formula is C14H23N5O2. The number of nitrogens with two attached hydrogens (primary N) is 1. The van der Waals surface area contributed by atoms with E-state index in [0.717, 1.165) is 31.6 Å². The summed E-state index contributed by atoms with van der Waals surface area (Å²) in [4.78, 5) is 26.0. The van der Waals surface area contributed by atoms with Gasteiger partial charge in [0, 0.05) is 13.1 Å². The van der Waals surface area contributed by atoms with Gasteiger partial charge in [-0.3, -0.25) is 14.3 Å². The summed E-state index contributed by atoms with van der Waals surface area (Å²) in [5, 5.41) is 6.94. The van der Waals surface area contributed by atoms with Gasteiger partial charge in [-0.15, -0.1) is 0 Å². The molecule has 21 heavy (non-hydrogen) atoms. The highest BCUT2D eigenvalue weighted by atomic mass is 16.2. The molecule has 0 aliphatic carbocycles. The molecular weight excluding hydrogens is 270 g/mol. The van der Waals surface area contributed by atoms with Gasteiger partial charge >= 0.3 is 0 Å². The number of aryl methyl sites for hydroxylation is 1. The number of rotatable bonds is 4. The summed E-state index contributed by atoms with van der Waals surface area (Å²) in [6, 6.07) is -0.509. The maximum Gasteiger partial charge on any atom is 0.244 e. The second-order valence-electron chi connectivity index (χ2n) is 5.56. The zero-order valence-corrected chi connectivity index (χ0v) is 12.8. The lowest BCUT2D eigenvalue weighted by atomic mass is 10.3. The molecule has 1 saturated heterocycles. The van der Waals surface area contributed by atoms with Crippen LogP contribution >= 0.6 is 0 Å². The highest BCUT2D eigenvalue weighted by molar-refractivity contribution is 5.87. The predicted octanol–water partition coefficient (Wildman–Crippen LogP) is 0.209. The number of nitrogen functional groups attached to an aromatic ring is 1. The molecule has 0 saturated carbocycles. The third-order valence-electron chi connectivity index (χ3n) is 3.90. The third-order valence-corrected chi connectivity index (χ3v) is 3.90. The Kier molecular flexibility index (Phi) is 4.50. The average Bonchev–Trinajstić information content (AvgIpc) is 3.04. The van der Waals surface area contributed by atoms with Crippen LogP contribution in [0.1, 0.15) is 31.2 Å². The van der Waals surface area contributed by atoms with Crippen LogP contribution in [0.3, 0.4) is 0 Å². The zero-order chi connectivity index (χ0) is 15.6. The Morgan fingerprint density at radius 2 is 1.95 bits per heavy atom. The number of hydrogen-bond acceptors (Lipinski definition) is 4. The molecule has 116 valence electrons. The summed E-state index contributed by atoms with van der Waals surface area (Å²) < 4.78 is 1.56. The summed E-state index contributed by atoms with van der Waals surface area (Å²) in [6.45, 7) is 6.98. The van der Waals surface area contributed by atoms with Gasteiger partial charge in [0.2, 0.25) is 11.8 Å². The van der Waals surface area contributed by atoms with E-state index in [2.05, 4.69) is 10.4 Å². The fourth-order valence-corrected chi connectivity index (χ4v) is 2.56. The van der Waals surface area contributed by atoms with Crippen molar-refractivity contribution in [1.82, 2.24) is 20.0 Å². The molecule has 0 bridgehead atoms. The lowest BCUT2D eigenvalue weighted by Crippen LogP contribution is -2.46. The van der Waals surface area contributed by atoms with Gasteiger partial charge in [-0.1, -0.05) is 0 Å². The number of anilines is 1. The number of likely N-dealkylation sites (tertiary alicyclic amines) is 1. The van der Waals surface area contributed by atoms with Crippen LogP contribution in [0.25, 0.3) is 0 Å². The van der Waals surface area contributed by atoms with Gasteiger partial charge in [0.05, 0.1) is 17.1 Å². The normalized spacial score (nSPS) is 16.0. The van der Waals surface area contributed by atoms with Crippen molar-refractivity contribution in [1.29, 1.82) is 0 Å². The van der Waals surface area contributed by atoms with Gasteiger partial charge in [0.1, 0.15) is 12.6 Å². The minimum atomic E-state index is -0.509. The number of carbonyl (C=O) groups is 2. The van der Waals surface area contributed by atoms with Crippen LogP contribution in [0, 0.1) is 13.8 Å². The minimum Gasteiger partial charge on any atom is -0.396 e. The largest absolute Gasteiger partial charge is 0.396 e. The molecule has 3 N–H and O–H groups in total. The summed E-state index contributed by atoms with van der Waals surface area (Å²) >= 11 is 0. The van der Waals surface area contributed by atoms with E-state index < -0.39 is 6.04 Å². The Bertz CT molecular complexity index is 546. The van der Waals surface area contributed by atoms with E-state index in [1.54, 1.807) is 23.4 Å². The molecule has 0 spiro atoms. The molecule has 2 amide bonds.